The molecular weight excluding hydrogens is 251 g/mol. The minimum Gasteiger partial charge on any atom is -0.481 e. The highest BCUT2D eigenvalue weighted by Crippen LogP contribution is 2.26. The number of allylic oxidation sites excluding steroid dienone is 2. The summed E-state index contributed by atoms with van der Waals surface area (Å²) in [6.07, 6.45) is -1.63. The Hall–Kier alpha value is -1.53. The highest BCUT2D eigenvalue weighted by atomic mass is 19.4. The maximum atomic E-state index is 11.9. The molecule has 0 aromatic carbocycles. The van der Waals surface area contributed by atoms with Crippen LogP contribution in [0.1, 0.15) is 19.3 Å². The van der Waals surface area contributed by atoms with Crippen LogP contribution in [0.25, 0.3) is 0 Å². The number of rotatable bonds is 4. The van der Waals surface area contributed by atoms with Gasteiger partial charge in [0.1, 0.15) is 0 Å². The largest absolute Gasteiger partial charge is 0.481 e. The maximum Gasteiger partial charge on any atom is 0.390 e. The summed E-state index contributed by atoms with van der Waals surface area (Å²) >= 11 is 0. The topological polar surface area (TPSA) is 66.4 Å². The van der Waals surface area contributed by atoms with E-state index in [0.29, 0.717) is 0 Å². The van der Waals surface area contributed by atoms with Gasteiger partial charge in [0.05, 0.1) is 18.3 Å². The summed E-state index contributed by atoms with van der Waals surface area (Å²) in [5.41, 5.74) is 0. The average Bonchev–Trinajstić information content (AvgIpc) is 2.27. The number of hydrogen-bond acceptors (Lipinski definition) is 2. The lowest BCUT2D eigenvalue weighted by molar-refractivity contribution is -0.148. The van der Waals surface area contributed by atoms with Crippen molar-refractivity contribution in [3.63, 3.8) is 0 Å². The number of carboxylic acid groups (broad SMARTS) is 1. The van der Waals surface area contributed by atoms with Crippen molar-refractivity contribution in [1.82, 2.24) is 5.32 Å². The predicted octanol–water partition coefficient (Wildman–Crippen LogP) is 1.72. The van der Waals surface area contributed by atoms with Gasteiger partial charge in [0, 0.05) is 6.54 Å². The van der Waals surface area contributed by atoms with Crippen LogP contribution in [0.4, 0.5) is 13.2 Å². The average molecular weight is 265 g/mol. The van der Waals surface area contributed by atoms with E-state index in [1.54, 1.807) is 12.2 Å². The second-order valence-corrected chi connectivity index (χ2v) is 4.15. The van der Waals surface area contributed by atoms with Gasteiger partial charge in [-0.2, -0.15) is 13.2 Å². The van der Waals surface area contributed by atoms with Crippen molar-refractivity contribution in [3.05, 3.63) is 12.2 Å². The molecule has 0 aliphatic heterocycles. The van der Waals surface area contributed by atoms with Crippen molar-refractivity contribution in [1.29, 1.82) is 0 Å². The van der Waals surface area contributed by atoms with Gasteiger partial charge in [0.25, 0.3) is 0 Å². The van der Waals surface area contributed by atoms with Crippen molar-refractivity contribution in [3.8, 4) is 0 Å². The van der Waals surface area contributed by atoms with Crippen molar-refractivity contribution < 1.29 is 27.9 Å². The third-order valence-electron chi connectivity index (χ3n) is 2.79. The van der Waals surface area contributed by atoms with Crippen LogP contribution in [-0.4, -0.2) is 29.7 Å². The lowest BCUT2D eigenvalue weighted by Gasteiger charge is -2.24. The number of carbonyl (C=O) groups is 2. The molecule has 1 rings (SSSR count). The van der Waals surface area contributed by atoms with E-state index in [1.807, 2.05) is 0 Å². The number of hydrogen-bond donors (Lipinski definition) is 2. The van der Waals surface area contributed by atoms with Crippen molar-refractivity contribution in [2.24, 2.45) is 11.8 Å². The van der Waals surface area contributed by atoms with E-state index in [4.69, 9.17) is 5.11 Å². The zero-order chi connectivity index (χ0) is 13.8. The monoisotopic (exact) mass is 265 g/mol. The molecular formula is C11H14F3NO3. The zero-order valence-corrected chi connectivity index (χ0v) is 9.54. The Morgan fingerprint density at radius 3 is 2.28 bits per heavy atom. The number of amides is 1. The van der Waals surface area contributed by atoms with Gasteiger partial charge in [-0.1, -0.05) is 12.2 Å². The molecule has 1 aliphatic carbocycles. The van der Waals surface area contributed by atoms with E-state index in [9.17, 15) is 22.8 Å². The molecule has 18 heavy (non-hydrogen) atoms. The minimum absolute atomic E-state index is 0.229. The zero-order valence-electron chi connectivity index (χ0n) is 9.54. The molecule has 0 fully saturated rings. The Balaban J connectivity index is 2.49. The molecule has 0 radical (unpaired) electrons. The Morgan fingerprint density at radius 1 is 1.22 bits per heavy atom. The molecule has 2 unspecified atom stereocenters. The normalized spacial score (nSPS) is 23.7. The molecule has 2 atom stereocenters. The minimum atomic E-state index is -4.33. The molecule has 0 saturated heterocycles. The van der Waals surface area contributed by atoms with Crippen LogP contribution in [0.3, 0.4) is 0 Å². The summed E-state index contributed by atoms with van der Waals surface area (Å²) in [5.74, 6) is -3.38. The first-order chi connectivity index (χ1) is 8.31. The lowest BCUT2D eigenvalue weighted by atomic mass is 9.82. The third-order valence-corrected chi connectivity index (χ3v) is 2.79. The van der Waals surface area contributed by atoms with E-state index >= 15 is 0 Å². The van der Waals surface area contributed by atoms with Gasteiger partial charge in [-0.05, 0) is 12.8 Å². The van der Waals surface area contributed by atoms with E-state index in [-0.39, 0.29) is 12.8 Å². The number of halogens is 3. The summed E-state index contributed by atoms with van der Waals surface area (Å²) in [5, 5.41) is 11.1. The predicted molar refractivity (Wildman–Crippen MR) is 56.7 cm³/mol. The standard InChI is InChI=1S/C11H14F3NO3/c12-11(13,14)5-6-15-9(16)7-3-1-2-4-8(7)10(17)18/h1-2,7-8H,3-6H2,(H,15,16)(H,17,18). The number of nitrogens with one attached hydrogen (secondary N) is 1. The molecule has 0 heterocycles. The van der Waals surface area contributed by atoms with E-state index < -0.39 is 42.9 Å². The maximum absolute atomic E-state index is 11.9. The molecule has 2 N–H and O–H groups in total. The molecule has 4 nitrogen and oxygen atoms in total. The third kappa shape index (κ3) is 4.38. The molecule has 0 saturated carbocycles. The molecule has 0 aromatic rings. The van der Waals surface area contributed by atoms with Crippen LogP contribution >= 0.6 is 0 Å². The summed E-state index contributed by atoms with van der Waals surface area (Å²) in [4.78, 5) is 22.5. The van der Waals surface area contributed by atoms with Gasteiger partial charge < -0.3 is 10.4 Å². The quantitative estimate of drug-likeness (QED) is 0.761. The van der Waals surface area contributed by atoms with E-state index in [1.165, 1.54) is 0 Å². The number of carboxylic acids is 1. The first-order valence-electron chi connectivity index (χ1n) is 5.53. The Morgan fingerprint density at radius 2 is 1.78 bits per heavy atom. The van der Waals surface area contributed by atoms with Crippen LogP contribution in [0.15, 0.2) is 12.2 Å². The molecule has 0 aromatic heterocycles. The first-order valence-corrected chi connectivity index (χ1v) is 5.53. The highest BCUT2D eigenvalue weighted by Gasteiger charge is 2.34. The number of carbonyl (C=O) groups excluding carboxylic acids is 1. The van der Waals surface area contributed by atoms with Crippen molar-refractivity contribution in [2.75, 3.05) is 6.54 Å². The molecule has 1 aliphatic rings. The lowest BCUT2D eigenvalue weighted by Crippen LogP contribution is -2.39. The summed E-state index contributed by atoms with van der Waals surface area (Å²) in [6.45, 7) is -0.519. The van der Waals surface area contributed by atoms with Gasteiger partial charge in [-0.25, -0.2) is 0 Å². The second-order valence-electron chi connectivity index (χ2n) is 4.15. The fourth-order valence-electron chi connectivity index (χ4n) is 1.84. The molecule has 1 amide bonds. The fourth-order valence-corrected chi connectivity index (χ4v) is 1.84. The van der Waals surface area contributed by atoms with Crippen LogP contribution in [0.5, 0.6) is 0 Å². The van der Waals surface area contributed by atoms with E-state index in [0.717, 1.165) is 0 Å². The highest BCUT2D eigenvalue weighted by molar-refractivity contribution is 5.85. The number of aliphatic carboxylic acids is 1. The number of alkyl halides is 3. The summed E-state index contributed by atoms with van der Waals surface area (Å²) in [6, 6.07) is 0. The van der Waals surface area contributed by atoms with Crippen LogP contribution in [-0.2, 0) is 9.59 Å². The summed E-state index contributed by atoms with van der Waals surface area (Å²) in [7, 11) is 0. The Bertz CT molecular complexity index is 352. The first kappa shape index (κ1) is 14.5. The summed E-state index contributed by atoms with van der Waals surface area (Å²) < 4.78 is 35.7. The van der Waals surface area contributed by atoms with Gasteiger partial charge in [0.2, 0.25) is 5.91 Å². The van der Waals surface area contributed by atoms with E-state index in [2.05, 4.69) is 5.32 Å². The van der Waals surface area contributed by atoms with Gasteiger partial charge in [-0.15, -0.1) is 0 Å². The van der Waals surface area contributed by atoms with Gasteiger partial charge in [0.15, 0.2) is 0 Å². The molecule has 0 spiro atoms. The van der Waals surface area contributed by atoms with Gasteiger partial charge in [-0.3, -0.25) is 9.59 Å². The molecule has 0 bridgehead atoms. The van der Waals surface area contributed by atoms with Crippen LogP contribution in [0.2, 0.25) is 0 Å². The fraction of sp³-hybridized carbons (Fsp3) is 0.636. The Kier molecular flexibility index (Phi) is 4.75. The molecule has 7 heteroatoms. The SMILES string of the molecule is O=C(O)C1CC=CCC1C(=O)NCCC(F)(F)F. The van der Waals surface area contributed by atoms with Crippen LogP contribution < -0.4 is 5.32 Å². The van der Waals surface area contributed by atoms with Crippen LogP contribution in [0, 0.1) is 11.8 Å². The van der Waals surface area contributed by atoms with Crippen molar-refractivity contribution in [2.45, 2.75) is 25.4 Å². The smallest absolute Gasteiger partial charge is 0.390 e. The van der Waals surface area contributed by atoms with Crippen molar-refractivity contribution >= 4 is 11.9 Å². The molecule has 102 valence electrons. The Labute approximate surface area is 102 Å². The van der Waals surface area contributed by atoms with Gasteiger partial charge >= 0.3 is 12.1 Å². The second kappa shape index (κ2) is 5.88.